The maximum atomic E-state index is 13.5. The molecular weight excluding hydrogens is 321 g/mol. The molecule has 0 fully saturated rings. The van der Waals surface area contributed by atoms with E-state index in [1.54, 1.807) is 18.3 Å². The molecule has 6 heteroatoms. The summed E-state index contributed by atoms with van der Waals surface area (Å²) in [5, 5.41) is 3.21. The molecule has 0 aliphatic carbocycles. The SMILES string of the molecule is Cc1cnc(Cl)nc1NCc1cc(Br)ccc1F. The Balaban J connectivity index is 2.16. The molecule has 18 heavy (non-hydrogen) atoms. The van der Waals surface area contributed by atoms with Gasteiger partial charge in [-0.15, -0.1) is 0 Å². The van der Waals surface area contributed by atoms with Crippen LogP contribution in [0.4, 0.5) is 10.2 Å². The van der Waals surface area contributed by atoms with E-state index in [4.69, 9.17) is 11.6 Å². The van der Waals surface area contributed by atoms with Crippen molar-refractivity contribution in [2.24, 2.45) is 0 Å². The van der Waals surface area contributed by atoms with E-state index in [2.05, 4.69) is 31.2 Å². The highest BCUT2D eigenvalue weighted by molar-refractivity contribution is 9.10. The molecule has 0 atom stereocenters. The lowest BCUT2D eigenvalue weighted by atomic mass is 10.2. The van der Waals surface area contributed by atoms with Crippen LogP contribution in [-0.4, -0.2) is 9.97 Å². The van der Waals surface area contributed by atoms with Crippen molar-refractivity contribution in [3.8, 4) is 0 Å². The zero-order valence-electron chi connectivity index (χ0n) is 9.54. The van der Waals surface area contributed by atoms with E-state index in [0.717, 1.165) is 10.0 Å². The quantitative estimate of drug-likeness (QED) is 0.866. The molecule has 0 unspecified atom stereocenters. The molecule has 94 valence electrons. The van der Waals surface area contributed by atoms with Crippen LogP contribution in [0.2, 0.25) is 5.28 Å². The van der Waals surface area contributed by atoms with Crippen molar-refractivity contribution in [1.82, 2.24) is 9.97 Å². The molecule has 1 aromatic heterocycles. The maximum absolute atomic E-state index is 13.5. The highest BCUT2D eigenvalue weighted by Gasteiger charge is 2.05. The van der Waals surface area contributed by atoms with Crippen molar-refractivity contribution in [2.75, 3.05) is 5.32 Å². The first-order chi connectivity index (χ1) is 8.56. The Morgan fingerprint density at radius 3 is 3.00 bits per heavy atom. The molecule has 0 spiro atoms. The van der Waals surface area contributed by atoms with Gasteiger partial charge in [-0.1, -0.05) is 15.9 Å². The van der Waals surface area contributed by atoms with Gasteiger partial charge in [-0.2, -0.15) is 0 Å². The predicted molar refractivity (Wildman–Crippen MR) is 73.2 cm³/mol. The van der Waals surface area contributed by atoms with Gasteiger partial charge in [-0.25, -0.2) is 14.4 Å². The largest absolute Gasteiger partial charge is 0.366 e. The number of anilines is 1. The van der Waals surface area contributed by atoms with E-state index in [1.165, 1.54) is 6.07 Å². The third kappa shape index (κ3) is 3.17. The van der Waals surface area contributed by atoms with Crippen molar-refractivity contribution < 1.29 is 4.39 Å². The monoisotopic (exact) mass is 329 g/mol. The predicted octanol–water partition coefficient (Wildman–Crippen LogP) is 3.95. The summed E-state index contributed by atoms with van der Waals surface area (Å²) in [5.41, 5.74) is 1.41. The first-order valence-corrected chi connectivity index (χ1v) is 6.40. The van der Waals surface area contributed by atoms with Gasteiger partial charge in [0.2, 0.25) is 5.28 Å². The zero-order valence-corrected chi connectivity index (χ0v) is 11.9. The van der Waals surface area contributed by atoms with E-state index in [-0.39, 0.29) is 11.1 Å². The lowest BCUT2D eigenvalue weighted by Crippen LogP contribution is -2.05. The van der Waals surface area contributed by atoms with Crippen LogP contribution in [-0.2, 0) is 6.54 Å². The average Bonchev–Trinajstić information content (AvgIpc) is 2.34. The fourth-order valence-electron chi connectivity index (χ4n) is 1.46. The summed E-state index contributed by atoms with van der Waals surface area (Å²) in [5.74, 6) is 0.345. The third-order valence-corrected chi connectivity index (χ3v) is 3.07. The van der Waals surface area contributed by atoms with Crippen LogP contribution in [0.5, 0.6) is 0 Å². The Hall–Kier alpha value is -1.20. The third-order valence-electron chi connectivity index (χ3n) is 2.40. The zero-order chi connectivity index (χ0) is 13.1. The summed E-state index contributed by atoms with van der Waals surface area (Å²) in [6.07, 6.45) is 1.62. The Bertz CT molecular complexity index is 526. The second-order valence-electron chi connectivity index (χ2n) is 3.76. The van der Waals surface area contributed by atoms with Crippen molar-refractivity contribution in [3.63, 3.8) is 0 Å². The number of hydrogen-bond donors (Lipinski definition) is 1. The van der Waals surface area contributed by atoms with E-state index in [0.29, 0.717) is 17.9 Å². The highest BCUT2D eigenvalue weighted by Crippen LogP contribution is 2.18. The summed E-state index contributed by atoms with van der Waals surface area (Å²) in [4.78, 5) is 7.91. The first kappa shape index (κ1) is 13.2. The topological polar surface area (TPSA) is 37.8 Å². The Morgan fingerprint density at radius 1 is 1.44 bits per heavy atom. The lowest BCUT2D eigenvalue weighted by molar-refractivity contribution is 0.612. The van der Waals surface area contributed by atoms with Gasteiger partial charge in [0.15, 0.2) is 0 Å². The van der Waals surface area contributed by atoms with Crippen LogP contribution in [0, 0.1) is 12.7 Å². The molecule has 2 rings (SSSR count). The molecule has 0 amide bonds. The standard InChI is InChI=1S/C12H10BrClFN3/c1-7-5-17-12(14)18-11(7)16-6-8-4-9(13)2-3-10(8)15/h2-5H,6H2,1H3,(H,16,17,18). The van der Waals surface area contributed by atoms with Crippen molar-refractivity contribution in [2.45, 2.75) is 13.5 Å². The number of benzene rings is 1. The lowest BCUT2D eigenvalue weighted by Gasteiger charge is -2.09. The smallest absolute Gasteiger partial charge is 0.224 e. The minimum Gasteiger partial charge on any atom is -0.366 e. The van der Waals surface area contributed by atoms with Gasteiger partial charge in [0, 0.05) is 28.3 Å². The fourth-order valence-corrected chi connectivity index (χ4v) is 2.00. The van der Waals surface area contributed by atoms with Gasteiger partial charge in [-0.05, 0) is 36.7 Å². The van der Waals surface area contributed by atoms with Gasteiger partial charge in [-0.3, -0.25) is 0 Å². The molecule has 0 bridgehead atoms. The fraction of sp³-hybridized carbons (Fsp3) is 0.167. The summed E-state index contributed by atoms with van der Waals surface area (Å²) in [6.45, 7) is 2.19. The van der Waals surface area contributed by atoms with Gasteiger partial charge < -0.3 is 5.32 Å². The molecule has 1 N–H and O–H groups in total. The minimum atomic E-state index is -0.261. The van der Waals surface area contributed by atoms with Crippen LogP contribution in [0.1, 0.15) is 11.1 Å². The van der Waals surface area contributed by atoms with E-state index in [1.807, 2.05) is 6.92 Å². The van der Waals surface area contributed by atoms with Crippen molar-refractivity contribution >= 4 is 33.3 Å². The molecule has 0 radical (unpaired) electrons. The van der Waals surface area contributed by atoms with Crippen LogP contribution < -0.4 is 5.32 Å². The summed E-state index contributed by atoms with van der Waals surface area (Å²) in [7, 11) is 0. The van der Waals surface area contributed by atoms with Gasteiger partial charge >= 0.3 is 0 Å². The molecule has 0 saturated carbocycles. The average molecular weight is 331 g/mol. The number of aromatic nitrogens is 2. The molecule has 0 saturated heterocycles. The van der Waals surface area contributed by atoms with Crippen LogP contribution in [0.3, 0.4) is 0 Å². The molecule has 3 nitrogen and oxygen atoms in total. The number of aryl methyl sites for hydroxylation is 1. The van der Waals surface area contributed by atoms with Gasteiger partial charge in [0.05, 0.1) is 0 Å². The number of nitrogens with one attached hydrogen (secondary N) is 1. The minimum absolute atomic E-state index is 0.165. The van der Waals surface area contributed by atoms with Gasteiger partial charge in [0.1, 0.15) is 11.6 Å². The molecule has 2 aromatic rings. The molecule has 0 aliphatic heterocycles. The maximum Gasteiger partial charge on any atom is 0.224 e. The van der Waals surface area contributed by atoms with E-state index < -0.39 is 0 Å². The van der Waals surface area contributed by atoms with Crippen LogP contribution in [0.25, 0.3) is 0 Å². The van der Waals surface area contributed by atoms with Crippen molar-refractivity contribution in [3.05, 3.63) is 51.1 Å². The molecular formula is C12H10BrClFN3. The Kier molecular flexibility index (Phi) is 4.14. The molecule has 1 aromatic carbocycles. The normalized spacial score (nSPS) is 10.4. The van der Waals surface area contributed by atoms with Crippen molar-refractivity contribution in [1.29, 1.82) is 0 Å². The highest BCUT2D eigenvalue weighted by atomic mass is 79.9. The Morgan fingerprint density at radius 2 is 2.22 bits per heavy atom. The number of halogens is 3. The summed E-state index contributed by atoms with van der Waals surface area (Å²) < 4.78 is 14.4. The summed E-state index contributed by atoms with van der Waals surface area (Å²) >= 11 is 9.02. The summed E-state index contributed by atoms with van der Waals surface area (Å²) in [6, 6.07) is 4.80. The van der Waals surface area contributed by atoms with E-state index >= 15 is 0 Å². The number of hydrogen-bond acceptors (Lipinski definition) is 3. The number of nitrogens with zero attached hydrogens (tertiary/aromatic N) is 2. The molecule has 0 aliphatic rings. The second kappa shape index (κ2) is 5.63. The first-order valence-electron chi connectivity index (χ1n) is 5.23. The van der Waals surface area contributed by atoms with E-state index in [9.17, 15) is 4.39 Å². The number of rotatable bonds is 3. The van der Waals surface area contributed by atoms with Gasteiger partial charge in [0.25, 0.3) is 0 Å². The van der Waals surface area contributed by atoms with Crippen LogP contribution >= 0.6 is 27.5 Å². The van der Waals surface area contributed by atoms with Crippen LogP contribution in [0.15, 0.2) is 28.9 Å². The Labute approximate surface area is 118 Å². The molecule has 1 heterocycles. The second-order valence-corrected chi connectivity index (χ2v) is 5.01.